The van der Waals surface area contributed by atoms with Crippen molar-refractivity contribution in [1.29, 1.82) is 0 Å². The third-order valence-corrected chi connectivity index (χ3v) is 6.04. The van der Waals surface area contributed by atoms with Gasteiger partial charge >= 0.3 is 0 Å². The summed E-state index contributed by atoms with van der Waals surface area (Å²) < 4.78 is 0. The van der Waals surface area contributed by atoms with Gasteiger partial charge in [0.1, 0.15) is 0 Å². The number of carbonyl (C=O) groups excluding carboxylic acids is 3. The fourth-order valence-electron chi connectivity index (χ4n) is 3.38. The van der Waals surface area contributed by atoms with Gasteiger partial charge in [-0.15, -0.1) is 11.8 Å². The lowest BCUT2D eigenvalue weighted by Gasteiger charge is -2.35. The summed E-state index contributed by atoms with van der Waals surface area (Å²) in [6.07, 6.45) is 0. The Morgan fingerprint density at radius 1 is 0.903 bits per heavy atom. The van der Waals surface area contributed by atoms with Crippen LogP contribution in [0.2, 0.25) is 0 Å². The fourth-order valence-corrected chi connectivity index (χ4v) is 4.33. The van der Waals surface area contributed by atoms with Gasteiger partial charge in [0.25, 0.3) is 0 Å². The van der Waals surface area contributed by atoms with E-state index in [0.717, 1.165) is 16.3 Å². The van der Waals surface area contributed by atoms with Crippen LogP contribution in [0.1, 0.15) is 13.8 Å². The van der Waals surface area contributed by atoms with Crippen molar-refractivity contribution < 1.29 is 14.4 Å². The first-order chi connectivity index (χ1) is 14.9. The lowest BCUT2D eigenvalue weighted by atomic mass is 10.2. The molecule has 3 rings (SSSR count). The Balaban J connectivity index is 1.42. The molecule has 0 bridgehead atoms. The molecule has 0 radical (unpaired) electrons. The molecule has 1 heterocycles. The van der Waals surface area contributed by atoms with Crippen LogP contribution >= 0.6 is 11.8 Å². The fraction of sp³-hybridized carbons (Fsp3) is 0.348. The van der Waals surface area contributed by atoms with Gasteiger partial charge in [0, 0.05) is 49.4 Å². The van der Waals surface area contributed by atoms with E-state index in [1.54, 1.807) is 0 Å². The van der Waals surface area contributed by atoms with E-state index in [0.29, 0.717) is 32.7 Å². The first kappa shape index (κ1) is 22.8. The van der Waals surface area contributed by atoms with Crippen LogP contribution in [0.15, 0.2) is 59.5 Å². The minimum atomic E-state index is -0.209. The lowest BCUT2D eigenvalue weighted by molar-refractivity contribution is -0.132. The Kier molecular flexibility index (Phi) is 8.08. The quantitative estimate of drug-likeness (QED) is 0.647. The predicted molar refractivity (Wildman–Crippen MR) is 124 cm³/mol. The number of piperazine rings is 1. The Hall–Kier alpha value is -2.84. The molecule has 7 nitrogen and oxygen atoms in total. The molecule has 1 fully saturated rings. The van der Waals surface area contributed by atoms with Crippen LogP contribution < -0.4 is 10.6 Å². The molecule has 164 valence electrons. The van der Waals surface area contributed by atoms with Crippen LogP contribution in [-0.2, 0) is 14.4 Å². The second-order valence-corrected chi connectivity index (χ2v) is 8.90. The van der Waals surface area contributed by atoms with Crippen molar-refractivity contribution in [2.24, 2.45) is 0 Å². The largest absolute Gasteiger partial charge is 0.339 e. The molecule has 31 heavy (non-hydrogen) atoms. The van der Waals surface area contributed by atoms with Crippen molar-refractivity contribution in [2.75, 3.05) is 43.4 Å². The maximum atomic E-state index is 12.8. The average molecular weight is 441 g/mol. The number of rotatable bonds is 7. The molecule has 2 aromatic rings. The maximum Gasteiger partial charge on any atom is 0.238 e. The number of benzene rings is 2. The number of hydrogen-bond donors (Lipinski definition) is 2. The Bertz CT molecular complexity index is 897. The maximum absolute atomic E-state index is 12.8. The van der Waals surface area contributed by atoms with Crippen molar-refractivity contribution in [3.05, 3.63) is 54.6 Å². The monoisotopic (exact) mass is 440 g/mol. The molecule has 0 aliphatic carbocycles. The van der Waals surface area contributed by atoms with Crippen LogP contribution in [0.25, 0.3) is 0 Å². The number of amides is 3. The van der Waals surface area contributed by atoms with E-state index in [4.69, 9.17) is 0 Å². The van der Waals surface area contributed by atoms with Crippen molar-refractivity contribution in [3.8, 4) is 0 Å². The lowest BCUT2D eigenvalue weighted by Crippen LogP contribution is -2.52. The summed E-state index contributed by atoms with van der Waals surface area (Å²) in [6, 6.07) is 16.9. The zero-order valence-corrected chi connectivity index (χ0v) is 18.7. The number of hydrogen-bond acceptors (Lipinski definition) is 5. The topological polar surface area (TPSA) is 81.8 Å². The zero-order valence-electron chi connectivity index (χ0n) is 17.8. The molecule has 1 saturated heterocycles. The van der Waals surface area contributed by atoms with Crippen molar-refractivity contribution in [1.82, 2.24) is 9.80 Å². The zero-order chi connectivity index (χ0) is 22.2. The van der Waals surface area contributed by atoms with E-state index in [9.17, 15) is 14.4 Å². The highest BCUT2D eigenvalue weighted by molar-refractivity contribution is 8.00. The molecular weight excluding hydrogens is 412 g/mol. The third-order valence-electron chi connectivity index (χ3n) is 4.94. The second kappa shape index (κ2) is 11.0. The molecule has 1 aliphatic heterocycles. The van der Waals surface area contributed by atoms with Crippen LogP contribution in [0.4, 0.5) is 11.4 Å². The Morgan fingerprint density at radius 2 is 1.52 bits per heavy atom. The SMILES string of the molecule is CC(=O)Nc1ccc(SC(C)C(=O)N2CCN(CC(=O)Nc3ccccc3)CC2)cc1. The normalized spacial score (nSPS) is 15.2. The summed E-state index contributed by atoms with van der Waals surface area (Å²) in [7, 11) is 0. The minimum absolute atomic E-state index is 0.0439. The molecule has 0 spiro atoms. The van der Waals surface area contributed by atoms with E-state index < -0.39 is 0 Å². The van der Waals surface area contributed by atoms with Crippen molar-refractivity contribution >= 4 is 40.9 Å². The molecule has 8 heteroatoms. The van der Waals surface area contributed by atoms with Crippen molar-refractivity contribution in [2.45, 2.75) is 24.0 Å². The van der Waals surface area contributed by atoms with Gasteiger partial charge in [0.15, 0.2) is 0 Å². The average Bonchev–Trinajstić information content (AvgIpc) is 2.75. The smallest absolute Gasteiger partial charge is 0.238 e. The number of nitrogens with one attached hydrogen (secondary N) is 2. The number of para-hydroxylation sites is 1. The van der Waals surface area contributed by atoms with Gasteiger partial charge in [-0.3, -0.25) is 19.3 Å². The van der Waals surface area contributed by atoms with E-state index in [-0.39, 0.29) is 23.0 Å². The predicted octanol–water partition coefficient (Wildman–Crippen LogP) is 2.91. The molecule has 3 amide bonds. The highest BCUT2D eigenvalue weighted by Gasteiger charge is 2.26. The standard InChI is InChI=1S/C23H28N4O3S/c1-17(31-21-10-8-20(9-11-21)24-18(2)28)23(30)27-14-12-26(13-15-27)16-22(29)25-19-6-4-3-5-7-19/h3-11,17H,12-16H2,1-2H3,(H,24,28)(H,25,29). The summed E-state index contributed by atoms with van der Waals surface area (Å²) in [5.74, 6) is -0.0532. The van der Waals surface area contributed by atoms with Gasteiger partial charge in [0.2, 0.25) is 17.7 Å². The van der Waals surface area contributed by atoms with Gasteiger partial charge in [0.05, 0.1) is 11.8 Å². The summed E-state index contributed by atoms with van der Waals surface area (Å²) in [6.45, 7) is 6.29. The highest BCUT2D eigenvalue weighted by atomic mass is 32.2. The summed E-state index contributed by atoms with van der Waals surface area (Å²) >= 11 is 1.50. The van der Waals surface area contributed by atoms with Crippen LogP contribution in [-0.4, -0.2) is 65.5 Å². The molecule has 2 N–H and O–H groups in total. The summed E-state index contributed by atoms with van der Waals surface area (Å²) in [5.41, 5.74) is 1.53. The van der Waals surface area contributed by atoms with Gasteiger partial charge in [-0.1, -0.05) is 18.2 Å². The number of thioether (sulfide) groups is 1. The van der Waals surface area contributed by atoms with Gasteiger partial charge in [-0.25, -0.2) is 0 Å². The van der Waals surface area contributed by atoms with E-state index in [2.05, 4.69) is 15.5 Å². The van der Waals surface area contributed by atoms with Crippen LogP contribution in [0.5, 0.6) is 0 Å². The molecule has 0 aromatic heterocycles. The van der Waals surface area contributed by atoms with Gasteiger partial charge in [-0.05, 0) is 43.3 Å². The molecular formula is C23H28N4O3S. The summed E-state index contributed by atoms with van der Waals surface area (Å²) in [4.78, 5) is 41.1. The highest BCUT2D eigenvalue weighted by Crippen LogP contribution is 2.26. The van der Waals surface area contributed by atoms with E-state index in [1.165, 1.54) is 18.7 Å². The van der Waals surface area contributed by atoms with E-state index >= 15 is 0 Å². The number of nitrogens with zero attached hydrogens (tertiary/aromatic N) is 2. The van der Waals surface area contributed by atoms with Crippen LogP contribution in [0.3, 0.4) is 0 Å². The first-order valence-corrected chi connectivity index (χ1v) is 11.2. The molecule has 1 aliphatic rings. The third kappa shape index (κ3) is 7.11. The first-order valence-electron chi connectivity index (χ1n) is 10.3. The van der Waals surface area contributed by atoms with E-state index in [1.807, 2.05) is 66.4 Å². The second-order valence-electron chi connectivity index (χ2n) is 7.48. The number of anilines is 2. The van der Waals surface area contributed by atoms with Gasteiger partial charge in [-0.2, -0.15) is 0 Å². The minimum Gasteiger partial charge on any atom is -0.339 e. The van der Waals surface area contributed by atoms with Crippen molar-refractivity contribution in [3.63, 3.8) is 0 Å². The Morgan fingerprint density at radius 3 is 2.13 bits per heavy atom. The van der Waals surface area contributed by atoms with Crippen LogP contribution in [0, 0.1) is 0 Å². The molecule has 1 unspecified atom stereocenters. The number of carbonyl (C=O) groups is 3. The Labute approximate surface area is 187 Å². The molecule has 2 aromatic carbocycles. The summed E-state index contributed by atoms with van der Waals surface area (Å²) in [5, 5.41) is 5.42. The van der Waals surface area contributed by atoms with Gasteiger partial charge < -0.3 is 15.5 Å². The molecule has 0 saturated carbocycles. The molecule has 1 atom stereocenters.